The predicted molar refractivity (Wildman–Crippen MR) is 56.3 cm³/mol. The van der Waals surface area contributed by atoms with Gasteiger partial charge >= 0.3 is 6.18 Å². The third-order valence-electron chi connectivity index (χ3n) is 2.65. The van der Waals surface area contributed by atoms with Gasteiger partial charge in [0.2, 0.25) is 0 Å². The Hall–Kier alpha value is -0.290. The SMILES string of the molecule is CC(C)C(CNC1CC1)OCCC(F)(F)F. The lowest BCUT2D eigenvalue weighted by molar-refractivity contribution is -0.150. The highest BCUT2D eigenvalue weighted by Crippen LogP contribution is 2.21. The van der Waals surface area contributed by atoms with Gasteiger partial charge in [-0.05, 0) is 18.8 Å². The molecule has 1 N–H and O–H groups in total. The van der Waals surface area contributed by atoms with Crippen molar-refractivity contribution < 1.29 is 17.9 Å². The highest BCUT2D eigenvalue weighted by atomic mass is 19.4. The molecule has 1 rings (SSSR count). The van der Waals surface area contributed by atoms with Crippen LogP contribution in [0.15, 0.2) is 0 Å². The molecule has 2 nitrogen and oxygen atoms in total. The third kappa shape index (κ3) is 6.33. The van der Waals surface area contributed by atoms with E-state index in [9.17, 15) is 13.2 Å². The van der Waals surface area contributed by atoms with Crippen LogP contribution in [0.2, 0.25) is 0 Å². The van der Waals surface area contributed by atoms with Crippen molar-refractivity contribution in [2.45, 2.75) is 51.4 Å². The van der Waals surface area contributed by atoms with E-state index in [1.54, 1.807) is 0 Å². The average Bonchev–Trinajstić information content (AvgIpc) is 2.91. The maximum atomic E-state index is 11.9. The van der Waals surface area contributed by atoms with Crippen LogP contribution < -0.4 is 5.32 Å². The van der Waals surface area contributed by atoms with Gasteiger partial charge in [-0.2, -0.15) is 13.2 Å². The first-order chi connectivity index (χ1) is 7.38. The molecule has 0 heterocycles. The van der Waals surface area contributed by atoms with E-state index in [2.05, 4.69) is 5.32 Å². The van der Waals surface area contributed by atoms with Gasteiger partial charge in [0.1, 0.15) is 0 Å². The second-order valence-corrected chi connectivity index (χ2v) is 4.70. The zero-order valence-electron chi connectivity index (χ0n) is 9.81. The quantitative estimate of drug-likeness (QED) is 0.737. The smallest absolute Gasteiger partial charge is 0.376 e. The number of ether oxygens (including phenoxy) is 1. The first-order valence-corrected chi connectivity index (χ1v) is 5.80. The van der Waals surface area contributed by atoms with Gasteiger partial charge in [-0.15, -0.1) is 0 Å². The fourth-order valence-corrected chi connectivity index (χ4v) is 1.38. The molecule has 96 valence electrons. The fourth-order valence-electron chi connectivity index (χ4n) is 1.38. The van der Waals surface area contributed by atoms with Crippen LogP contribution in [0.3, 0.4) is 0 Å². The van der Waals surface area contributed by atoms with Crippen LogP contribution in [0, 0.1) is 5.92 Å². The summed E-state index contributed by atoms with van der Waals surface area (Å²) in [5.74, 6) is 0.236. The van der Waals surface area contributed by atoms with Crippen molar-refractivity contribution in [3.05, 3.63) is 0 Å². The van der Waals surface area contributed by atoms with Gasteiger partial charge in [0.25, 0.3) is 0 Å². The Morgan fingerprint density at radius 2 is 1.94 bits per heavy atom. The molecule has 1 saturated carbocycles. The Balaban J connectivity index is 2.16. The molecule has 5 heteroatoms. The lowest BCUT2D eigenvalue weighted by Gasteiger charge is -2.22. The number of halogens is 3. The molecule has 0 aliphatic heterocycles. The molecule has 1 unspecified atom stereocenters. The molecule has 0 bridgehead atoms. The molecule has 16 heavy (non-hydrogen) atoms. The van der Waals surface area contributed by atoms with Crippen LogP contribution in [-0.2, 0) is 4.74 Å². The molecule has 0 amide bonds. The van der Waals surface area contributed by atoms with Gasteiger partial charge in [-0.25, -0.2) is 0 Å². The Bertz CT molecular complexity index is 202. The van der Waals surface area contributed by atoms with Crippen LogP contribution in [0.4, 0.5) is 13.2 Å². The molecule has 1 fully saturated rings. The maximum absolute atomic E-state index is 11.9. The highest BCUT2D eigenvalue weighted by molar-refractivity contribution is 4.82. The van der Waals surface area contributed by atoms with Gasteiger partial charge in [-0.1, -0.05) is 13.8 Å². The summed E-state index contributed by atoms with van der Waals surface area (Å²) in [5.41, 5.74) is 0. The number of nitrogens with one attached hydrogen (secondary N) is 1. The zero-order valence-corrected chi connectivity index (χ0v) is 9.81. The third-order valence-corrected chi connectivity index (χ3v) is 2.65. The van der Waals surface area contributed by atoms with Crippen molar-refractivity contribution in [1.29, 1.82) is 0 Å². The normalized spacial score (nSPS) is 19.1. The summed E-state index contributed by atoms with van der Waals surface area (Å²) in [4.78, 5) is 0. The Kier molecular flexibility index (Phi) is 5.05. The van der Waals surface area contributed by atoms with Crippen molar-refractivity contribution >= 4 is 0 Å². The summed E-state index contributed by atoms with van der Waals surface area (Å²) in [6, 6.07) is 0.562. The van der Waals surface area contributed by atoms with Gasteiger partial charge in [0, 0.05) is 12.6 Å². The molecule has 1 aliphatic carbocycles. The summed E-state index contributed by atoms with van der Waals surface area (Å²) >= 11 is 0. The lowest BCUT2D eigenvalue weighted by atomic mass is 10.1. The first kappa shape index (κ1) is 13.8. The fraction of sp³-hybridized carbons (Fsp3) is 1.00. The minimum atomic E-state index is -4.12. The Morgan fingerprint density at radius 3 is 2.38 bits per heavy atom. The monoisotopic (exact) mass is 239 g/mol. The van der Waals surface area contributed by atoms with Gasteiger partial charge < -0.3 is 10.1 Å². The minimum absolute atomic E-state index is 0.122. The minimum Gasteiger partial charge on any atom is -0.376 e. The maximum Gasteiger partial charge on any atom is 0.391 e. The van der Waals surface area contributed by atoms with E-state index in [-0.39, 0.29) is 18.6 Å². The first-order valence-electron chi connectivity index (χ1n) is 5.80. The number of hydrogen-bond donors (Lipinski definition) is 1. The van der Waals surface area contributed by atoms with Gasteiger partial charge in [-0.3, -0.25) is 0 Å². The summed E-state index contributed by atoms with van der Waals surface area (Å²) < 4.78 is 41.1. The molecule has 0 aromatic rings. The number of alkyl halides is 3. The topological polar surface area (TPSA) is 21.3 Å². The van der Waals surface area contributed by atoms with E-state index in [1.165, 1.54) is 12.8 Å². The molecule has 0 radical (unpaired) electrons. The molecule has 1 aliphatic rings. The molecule has 0 saturated heterocycles. The molecule has 0 aromatic carbocycles. The van der Waals surface area contributed by atoms with Crippen LogP contribution in [0.5, 0.6) is 0 Å². The highest BCUT2D eigenvalue weighted by Gasteiger charge is 2.28. The second kappa shape index (κ2) is 5.87. The second-order valence-electron chi connectivity index (χ2n) is 4.70. The molecule has 1 atom stereocenters. The van der Waals surface area contributed by atoms with E-state index in [4.69, 9.17) is 4.74 Å². The lowest BCUT2D eigenvalue weighted by Crippen LogP contribution is -2.35. The van der Waals surface area contributed by atoms with Crippen LogP contribution in [0.1, 0.15) is 33.1 Å². The van der Waals surface area contributed by atoms with E-state index in [0.29, 0.717) is 12.6 Å². The standard InChI is InChI=1S/C11H20F3NO/c1-8(2)10(7-15-9-3-4-9)16-6-5-11(12,13)14/h8-10,15H,3-7H2,1-2H3. The van der Waals surface area contributed by atoms with Gasteiger partial charge in [0.15, 0.2) is 0 Å². The van der Waals surface area contributed by atoms with E-state index in [1.807, 2.05) is 13.8 Å². The number of hydrogen-bond acceptors (Lipinski definition) is 2. The average molecular weight is 239 g/mol. The predicted octanol–water partition coefficient (Wildman–Crippen LogP) is 2.73. The summed E-state index contributed by atoms with van der Waals surface area (Å²) in [6.45, 7) is 4.35. The van der Waals surface area contributed by atoms with E-state index < -0.39 is 12.6 Å². The van der Waals surface area contributed by atoms with Crippen molar-refractivity contribution in [1.82, 2.24) is 5.32 Å². The Morgan fingerprint density at radius 1 is 1.31 bits per heavy atom. The van der Waals surface area contributed by atoms with Crippen LogP contribution in [0.25, 0.3) is 0 Å². The molecule has 0 aromatic heterocycles. The van der Waals surface area contributed by atoms with Gasteiger partial charge in [0.05, 0.1) is 19.1 Å². The summed E-state index contributed by atoms with van der Waals surface area (Å²) in [5, 5.41) is 3.28. The molecular weight excluding hydrogens is 219 g/mol. The van der Waals surface area contributed by atoms with Crippen LogP contribution >= 0.6 is 0 Å². The van der Waals surface area contributed by atoms with Crippen molar-refractivity contribution in [3.63, 3.8) is 0 Å². The van der Waals surface area contributed by atoms with Crippen LogP contribution in [-0.4, -0.2) is 31.5 Å². The number of rotatable bonds is 7. The largest absolute Gasteiger partial charge is 0.391 e. The summed E-state index contributed by atoms with van der Waals surface area (Å²) in [6.07, 6.45) is -2.76. The molecular formula is C11H20F3NO. The molecule has 0 spiro atoms. The Labute approximate surface area is 94.5 Å². The van der Waals surface area contributed by atoms with Crippen molar-refractivity contribution in [3.8, 4) is 0 Å². The van der Waals surface area contributed by atoms with Crippen molar-refractivity contribution in [2.24, 2.45) is 5.92 Å². The van der Waals surface area contributed by atoms with Crippen molar-refractivity contribution in [2.75, 3.05) is 13.2 Å². The zero-order chi connectivity index (χ0) is 12.2. The van der Waals surface area contributed by atoms with E-state index in [0.717, 1.165) is 0 Å². The van der Waals surface area contributed by atoms with E-state index >= 15 is 0 Å². The summed E-state index contributed by atoms with van der Waals surface area (Å²) in [7, 11) is 0.